The minimum atomic E-state index is 0.626. The summed E-state index contributed by atoms with van der Waals surface area (Å²) < 4.78 is 5.11. The Kier molecular flexibility index (Phi) is 3.00. The smallest absolute Gasteiger partial charge is 0.165 e. The van der Waals surface area contributed by atoms with E-state index in [1.54, 1.807) is 12.5 Å². The van der Waals surface area contributed by atoms with Crippen LogP contribution in [0.25, 0.3) is 11.4 Å². The maximum absolute atomic E-state index is 5.11. The zero-order valence-corrected chi connectivity index (χ0v) is 10.5. The second-order valence-electron chi connectivity index (χ2n) is 4.71. The fourth-order valence-corrected chi connectivity index (χ4v) is 1.92. The van der Waals surface area contributed by atoms with Crippen LogP contribution in [-0.4, -0.2) is 16.5 Å². The Morgan fingerprint density at radius 3 is 2.94 bits per heavy atom. The van der Waals surface area contributed by atoms with Gasteiger partial charge in [0.25, 0.3) is 0 Å². The van der Waals surface area contributed by atoms with Crippen molar-refractivity contribution < 1.29 is 4.42 Å². The molecule has 0 saturated heterocycles. The summed E-state index contributed by atoms with van der Waals surface area (Å²) >= 11 is 0. The minimum Gasteiger partial charge on any atom is -0.472 e. The van der Waals surface area contributed by atoms with Crippen LogP contribution < -0.4 is 5.32 Å². The van der Waals surface area contributed by atoms with Crippen LogP contribution in [0.3, 0.4) is 0 Å². The standard InChI is InChI=1S/C14H17N3O/c1-2-6-15-13-8-12(10-3-4-10)16-14(17-13)11-5-7-18-9-11/h5,7-10H,2-4,6H2,1H3,(H,15,16,17). The van der Waals surface area contributed by atoms with E-state index in [-0.39, 0.29) is 0 Å². The SMILES string of the molecule is CCCNc1cc(C2CC2)nc(-c2ccoc2)n1. The van der Waals surface area contributed by atoms with E-state index in [9.17, 15) is 0 Å². The highest BCUT2D eigenvalue weighted by molar-refractivity contribution is 5.56. The van der Waals surface area contributed by atoms with E-state index in [0.29, 0.717) is 5.92 Å². The molecule has 1 fully saturated rings. The van der Waals surface area contributed by atoms with Crippen LogP contribution in [0.5, 0.6) is 0 Å². The number of anilines is 1. The molecule has 3 rings (SSSR count). The van der Waals surface area contributed by atoms with Crippen LogP contribution in [0.15, 0.2) is 29.1 Å². The maximum atomic E-state index is 5.11. The van der Waals surface area contributed by atoms with E-state index in [1.807, 2.05) is 6.07 Å². The van der Waals surface area contributed by atoms with Crippen molar-refractivity contribution in [1.29, 1.82) is 0 Å². The lowest BCUT2D eigenvalue weighted by Crippen LogP contribution is -2.05. The Balaban J connectivity index is 1.94. The van der Waals surface area contributed by atoms with Crippen molar-refractivity contribution in [2.24, 2.45) is 0 Å². The molecule has 18 heavy (non-hydrogen) atoms. The van der Waals surface area contributed by atoms with Crippen LogP contribution in [0.2, 0.25) is 0 Å². The zero-order valence-electron chi connectivity index (χ0n) is 10.5. The van der Waals surface area contributed by atoms with Crippen LogP contribution >= 0.6 is 0 Å². The Morgan fingerprint density at radius 1 is 1.39 bits per heavy atom. The summed E-state index contributed by atoms with van der Waals surface area (Å²) in [6.07, 6.45) is 6.92. The molecule has 4 nitrogen and oxygen atoms in total. The topological polar surface area (TPSA) is 51.0 Å². The average molecular weight is 243 g/mol. The molecule has 1 N–H and O–H groups in total. The van der Waals surface area contributed by atoms with Gasteiger partial charge >= 0.3 is 0 Å². The molecule has 2 aromatic rings. The van der Waals surface area contributed by atoms with Gasteiger partial charge < -0.3 is 9.73 Å². The fraction of sp³-hybridized carbons (Fsp3) is 0.429. The van der Waals surface area contributed by atoms with Gasteiger partial charge in [-0.2, -0.15) is 0 Å². The van der Waals surface area contributed by atoms with Gasteiger partial charge in [0.05, 0.1) is 11.8 Å². The third kappa shape index (κ3) is 2.37. The first-order chi connectivity index (χ1) is 8.86. The van der Waals surface area contributed by atoms with Crippen LogP contribution in [0.4, 0.5) is 5.82 Å². The molecule has 1 saturated carbocycles. The fourth-order valence-electron chi connectivity index (χ4n) is 1.92. The number of hydrogen-bond acceptors (Lipinski definition) is 4. The monoisotopic (exact) mass is 243 g/mol. The number of furan rings is 1. The zero-order chi connectivity index (χ0) is 12.4. The lowest BCUT2D eigenvalue weighted by atomic mass is 10.2. The van der Waals surface area contributed by atoms with Crippen LogP contribution in [-0.2, 0) is 0 Å². The summed E-state index contributed by atoms with van der Waals surface area (Å²) in [5.74, 6) is 2.30. The molecule has 4 heteroatoms. The van der Waals surface area contributed by atoms with Crippen molar-refractivity contribution in [2.45, 2.75) is 32.1 Å². The quantitative estimate of drug-likeness (QED) is 0.874. The highest BCUT2D eigenvalue weighted by Gasteiger charge is 2.26. The molecule has 1 aliphatic carbocycles. The average Bonchev–Trinajstić information content (AvgIpc) is 3.11. The first-order valence-corrected chi connectivity index (χ1v) is 6.52. The molecule has 0 aromatic carbocycles. The van der Waals surface area contributed by atoms with Crippen molar-refractivity contribution in [3.05, 3.63) is 30.4 Å². The second kappa shape index (κ2) is 4.80. The summed E-state index contributed by atoms with van der Waals surface area (Å²) in [6, 6.07) is 3.98. The molecule has 0 radical (unpaired) electrons. The molecule has 0 bridgehead atoms. The number of nitrogens with zero attached hydrogens (tertiary/aromatic N) is 2. The molecule has 94 valence electrons. The van der Waals surface area contributed by atoms with E-state index in [0.717, 1.165) is 35.9 Å². The van der Waals surface area contributed by atoms with Crippen molar-refractivity contribution >= 4 is 5.82 Å². The highest BCUT2D eigenvalue weighted by atomic mass is 16.3. The molecule has 0 atom stereocenters. The predicted octanol–water partition coefficient (Wildman–Crippen LogP) is 3.44. The van der Waals surface area contributed by atoms with E-state index < -0.39 is 0 Å². The molecular formula is C14H17N3O. The lowest BCUT2D eigenvalue weighted by molar-refractivity contribution is 0.568. The van der Waals surface area contributed by atoms with Crippen molar-refractivity contribution in [3.8, 4) is 11.4 Å². The van der Waals surface area contributed by atoms with Gasteiger partial charge in [-0.05, 0) is 25.3 Å². The summed E-state index contributed by atoms with van der Waals surface area (Å²) in [5, 5.41) is 3.34. The number of nitrogens with one attached hydrogen (secondary N) is 1. The van der Waals surface area contributed by atoms with Crippen LogP contribution in [0, 0.1) is 0 Å². The van der Waals surface area contributed by atoms with E-state index >= 15 is 0 Å². The van der Waals surface area contributed by atoms with Gasteiger partial charge in [0.2, 0.25) is 0 Å². The lowest BCUT2D eigenvalue weighted by Gasteiger charge is -2.08. The Labute approximate surface area is 106 Å². The predicted molar refractivity (Wildman–Crippen MR) is 70.5 cm³/mol. The molecule has 0 spiro atoms. The Bertz CT molecular complexity index is 518. The normalized spacial score (nSPS) is 14.7. The van der Waals surface area contributed by atoms with Crippen molar-refractivity contribution in [1.82, 2.24) is 9.97 Å². The van der Waals surface area contributed by atoms with Gasteiger partial charge in [0.1, 0.15) is 12.1 Å². The van der Waals surface area contributed by atoms with Gasteiger partial charge in [-0.1, -0.05) is 6.92 Å². The number of aromatic nitrogens is 2. The molecule has 2 heterocycles. The number of rotatable bonds is 5. The minimum absolute atomic E-state index is 0.626. The maximum Gasteiger partial charge on any atom is 0.165 e. The molecule has 2 aromatic heterocycles. The number of hydrogen-bond donors (Lipinski definition) is 1. The summed E-state index contributed by atoms with van der Waals surface area (Å²) in [7, 11) is 0. The van der Waals surface area contributed by atoms with E-state index in [2.05, 4.69) is 28.3 Å². The van der Waals surface area contributed by atoms with E-state index in [4.69, 9.17) is 4.42 Å². The summed E-state index contributed by atoms with van der Waals surface area (Å²) in [4.78, 5) is 9.18. The third-order valence-electron chi connectivity index (χ3n) is 3.08. The van der Waals surface area contributed by atoms with Gasteiger partial charge in [-0.3, -0.25) is 0 Å². The molecule has 0 aliphatic heterocycles. The molecular weight excluding hydrogens is 226 g/mol. The summed E-state index contributed by atoms with van der Waals surface area (Å²) in [6.45, 7) is 3.08. The van der Waals surface area contributed by atoms with Gasteiger partial charge in [0, 0.05) is 24.2 Å². The first-order valence-electron chi connectivity index (χ1n) is 6.52. The highest BCUT2D eigenvalue weighted by Crippen LogP contribution is 2.40. The van der Waals surface area contributed by atoms with Crippen LogP contribution in [0.1, 0.15) is 37.8 Å². The first kappa shape index (κ1) is 11.3. The molecule has 1 aliphatic rings. The van der Waals surface area contributed by atoms with Gasteiger partial charge in [0.15, 0.2) is 5.82 Å². The Morgan fingerprint density at radius 2 is 2.28 bits per heavy atom. The van der Waals surface area contributed by atoms with E-state index in [1.165, 1.54) is 12.8 Å². The van der Waals surface area contributed by atoms with Crippen molar-refractivity contribution in [3.63, 3.8) is 0 Å². The van der Waals surface area contributed by atoms with Crippen molar-refractivity contribution in [2.75, 3.05) is 11.9 Å². The van der Waals surface area contributed by atoms with Gasteiger partial charge in [-0.25, -0.2) is 9.97 Å². The third-order valence-corrected chi connectivity index (χ3v) is 3.08. The Hall–Kier alpha value is -1.84. The molecule has 0 unspecified atom stereocenters. The second-order valence-corrected chi connectivity index (χ2v) is 4.71. The molecule has 0 amide bonds. The summed E-state index contributed by atoms with van der Waals surface area (Å²) in [5.41, 5.74) is 2.09. The largest absolute Gasteiger partial charge is 0.472 e. The van der Waals surface area contributed by atoms with Gasteiger partial charge in [-0.15, -0.1) is 0 Å².